The van der Waals surface area contributed by atoms with Crippen molar-refractivity contribution in [2.45, 2.75) is 58.1 Å². The molecule has 0 spiro atoms. The third-order valence-electron chi connectivity index (χ3n) is 4.26. The molecule has 2 aliphatic rings. The Balaban J connectivity index is 1.66. The van der Waals surface area contributed by atoms with Crippen LogP contribution in [0.25, 0.3) is 0 Å². The fraction of sp³-hybridized carbons (Fsp3) is 1.00. The Hall–Kier alpha value is -0.0800. The maximum absolute atomic E-state index is 5.63. The smallest absolute Gasteiger partial charge is 0.0700 e. The minimum absolute atomic E-state index is 0.500. The van der Waals surface area contributed by atoms with Crippen molar-refractivity contribution in [3.63, 3.8) is 0 Å². The highest BCUT2D eigenvalue weighted by atomic mass is 16.5. The number of ether oxygens (including phenoxy) is 1. The van der Waals surface area contributed by atoms with E-state index in [0.717, 1.165) is 31.0 Å². The van der Waals surface area contributed by atoms with Crippen LogP contribution < -0.4 is 5.32 Å². The molecule has 88 valence electrons. The molecule has 0 amide bonds. The van der Waals surface area contributed by atoms with Crippen molar-refractivity contribution in [2.75, 3.05) is 13.2 Å². The topological polar surface area (TPSA) is 21.3 Å². The highest BCUT2D eigenvalue weighted by Gasteiger charge is 2.25. The van der Waals surface area contributed by atoms with Crippen LogP contribution in [0.2, 0.25) is 0 Å². The van der Waals surface area contributed by atoms with Gasteiger partial charge in [-0.15, -0.1) is 0 Å². The van der Waals surface area contributed by atoms with Gasteiger partial charge < -0.3 is 10.1 Å². The summed E-state index contributed by atoms with van der Waals surface area (Å²) in [7, 11) is 0. The van der Waals surface area contributed by atoms with Crippen molar-refractivity contribution >= 4 is 0 Å². The van der Waals surface area contributed by atoms with Crippen LogP contribution in [0.5, 0.6) is 0 Å². The molecule has 1 saturated carbocycles. The van der Waals surface area contributed by atoms with E-state index in [0.29, 0.717) is 6.10 Å². The number of nitrogens with one attached hydrogen (secondary N) is 1. The van der Waals surface area contributed by atoms with Crippen molar-refractivity contribution in [3.8, 4) is 0 Å². The molecule has 1 aliphatic carbocycles. The third kappa shape index (κ3) is 3.18. The monoisotopic (exact) mass is 211 g/mol. The van der Waals surface area contributed by atoms with Crippen molar-refractivity contribution in [1.82, 2.24) is 5.32 Å². The van der Waals surface area contributed by atoms with Crippen molar-refractivity contribution in [2.24, 2.45) is 11.8 Å². The van der Waals surface area contributed by atoms with E-state index < -0.39 is 0 Å². The summed E-state index contributed by atoms with van der Waals surface area (Å²) in [6.07, 6.45) is 7.12. The minimum Gasteiger partial charge on any atom is -0.377 e. The summed E-state index contributed by atoms with van der Waals surface area (Å²) in [5.41, 5.74) is 0. The van der Waals surface area contributed by atoms with Gasteiger partial charge in [-0.2, -0.15) is 0 Å². The van der Waals surface area contributed by atoms with Gasteiger partial charge >= 0.3 is 0 Å². The van der Waals surface area contributed by atoms with E-state index in [1.165, 1.54) is 32.1 Å². The SMILES string of the molecule is C[C@@H]1CC[C@H](NC[C@@H]2CCCO2)C[C@H]1C. The quantitative estimate of drug-likeness (QED) is 0.774. The molecule has 1 saturated heterocycles. The lowest BCUT2D eigenvalue weighted by Gasteiger charge is -2.33. The number of hydrogen-bond donors (Lipinski definition) is 1. The Morgan fingerprint density at radius 2 is 2.00 bits per heavy atom. The van der Waals surface area contributed by atoms with Gasteiger partial charge in [0.1, 0.15) is 0 Å². The van der Waals surface area contributed by atoms with Crippen LogP contribution >= 0.6 is 0 Å². The van der Waals surface area contributed by atoms with E-state index in [1.807, 2.05) is 0 Å². The molecule has 15 heavy (non-hydrogen) atoms. The van der Waals surface area contributed by atoms with Crippen LogP contribution in [0.1, 0.15) is 46.0 Å². The second-order valence-corrected chi connectivity index (χ2v) is 5.51. The van der Waals surface area contributed by atoms with Crippen molar-refractivity contribution < 1.29 is 4.74 Å². The summed E-state index contributed by atoms with van der Waals surface area (Å²) < 4.78 is 5.63. The highest BCUT2D eigenvalue weighted by Crippen LogP contribution is 2.29. The lowest BCUT2D eigenvalue weighted by molar-refractivity contribution is 0.102. The molecule has 1 aliphatic heterocycles. The van der Waals surface area contributed by atoms with Crippen LogP contribution in [0.3, 0.4) is 0 Å². The Morgan fingerprint density at radius 3 is 2.67 bits per heavy atom. The summed E-state index contributed by atoms with van der Waals surface area (Å²) in [6, 6.07) is 0.750. The van der Waals surface area contributed by atoms with Gasteiger partial charge in [-0.3, -0.25) is 0 Å². The average molecular weight is 211 g/mol. The Bertz CT molecular complexity index is 189. The first-order chi connectivity index (χ1) is 7.25. The maximum atomic E-state index is 5.63. The summed E-state index contributed by atoms with van der Waals surface area (Å²) in [6.45, 7) is 6.84. The average Bonchev–Trinajstić information content (AvgIpc) is 2.73. The van der Waals surface area contributed by atoms with Gasteiger partial charge in [0.2, 0.25) is 0 Å². The van der Waals surface area contributed by atoms with E-state index in [2.05, 4.69) is 19.2 Å². The van der Waals surface area contributed by atoms with E-state index in [-0.39, 0.29) is 0 Å². The minimum atomic E-state index is 0.500. The fourth-order valence-electron chi connectivity index (χ4n) is 2.84. The number of hydrogen-bond acceptors (Lipinski definition) is 2. The molecule has 2 fully saturated rings. The van der Waals surface area contributed by atoms with E-state index in [4.69, 9.17) is 4.74 Å². The fourth-order valence-corrected chi connectivity index (χ4v) is 2.84. The molecule has 0 aromatic rings. The second-order valence-electron chi connectivity index (χ2n) is 5.51. The lowest BCUT2D eigenvalue weighted by atomic mass is 9.79. The van der Waals surface area contributed by atoms with Crippen molar-refractivity contribution in [3.05, 3.63) is 0 Å². The first kappa shape index (κ1) is 11.4. The van der Waals surface area contributed by atoms with Crippen molar-refractivity contribution in [1.29, 1.82) is 0 Å². The summed E-state index contributed by atoms with van der Waals surface area (Å²) in [5.74, 6) is 1.81. The lowest BCUT2D eigenvalue weighted by Crippen LogP contribution is -2.39. The Labute approximate surface area is 93.8 Å². The first-order valence-corrected chi connectivity index (χ1v) is 6.60. The molecule has 0 aromatic carbocycles. The second kappa shape index (κ2) is 5.31. The van der Waals surface area contributed by atoms with E-state index >= 15 is 0 Å². The molecule has 2 rings (SSSR count). The van der Waals surface area contributed by atoms with Gasteiger partial charge in [-0.05, 0) is 43.9 Å². The van der Waals surface area contributed by atoms with Gasteiger partial charge in [0, 0.05) is 19.2 Å². The van der Waals surface area contributed by atoms with Gasteiger partial charge in [0.05, 0.1) is 6.10 Å². The third-order valence-corrected chi connectivity index (χ3v) is 4.26. The van der Waals surface area contributed by atoms with Gasteiger partial charge in [-0.25, -0.2) is 0 Å². The summed E-state index contributed by atoms with van der Waals surface area (Å²) >= 11 is 0. The molecule has 2 nitrogen and oxygen atoms in total. The van der Waals surface area contributed by atoms with Crippen LogP contribution in [0.4, 0.5) is 0 Å². The predicted octanol–water partition coefficient (Wildman–Crippen LogP) is 2.58. The molecular formula is C13H25NO. The van der Waals surface area contributed by atoms with E-state index in [9.17, 15) is 0 Å². The van der Waals surface area contributed by atoms with Crippen LogP contribution in [-0.4, -0.2) is 25.3 Å². The summed E-state index contributed by atoms with van der Waals surface area (Å²) in [4.78, 5) is 0. The molecule has 0 aromatic heterocycles. The largest absolute Gasteiger partial charge is 0.377 e. The highest BCUT2D eigenvalue weighted by molar-refractivity contribution is 4.81. The normalized spacial score (nSPS) is 42.0. The van der Waals surface area contributed by atoms with E-state index in [1.54, 1.807) is 0 Å². The molecule has 4 atom stereocenters. The Kier molecular flexibility index (Phi) is 4.04. The molecular weight excluding hydrogens is 186 g/mol. The Morgan fingerprint density at radius 1 is 1.13 bits per heavy atom. The molecule has 0 unspecified atom stereocenters. The molecule has 0 bridgehead atoms. The van der Waals surface area contributed by atoms with Gasteiger partial charge in [-0.1, -0.05) is 13.8 Å². The molecule has 1 N–H and O–H groups in total. The first-order valence-electron chi connectivity index (χ1n) is 6.60. The van der Waals surface area contributed by atoms with Gasteiger partial charge in [0.25, 0.3) is 0 Å². The maximum Gasteiger partial charge on any atom is 0.0700 e. The predicted molar refractivity (Wildman–Crippen MR) is 62.9 cm³/mol. The molecule has 0 radical (unpaired) electrons. The molecule has 1 heterocycles. The van der Waals surface area contributed by atoms with Crippen LogP contribution in [-0.2, 0) is 4.74 Å². The van der Waals surface area contributed by atoms with Gasteiger partial charge in [0.15, 0.2) is 0 Å². The standard InChI is InChI=1S/C13H25NO/c1-10-5-6-12(8-11(10)2)14-9-13-4-3-7-15-13/h10-14H,3-9H2,1-2H3/t10-,11-,12+,13+/m1/s1. The van der Waals surface area contributed by atoms with Crippen LogP contribution in [0.15, 0.2) is 0 Å². The zero-order valence-electron chi connectivity index (χ0n) is 10.2. The zero-order chi connectivity index (χ0) is 10.7. The van der Waals surface area contributed by atoms with Crippen LogP contribution in [0, 0.1) is 11.8 Å². The summed E-state index contributed by atoms with van der Waals surface area (Å²) in [5, 5.41) is 3.69. The molecule has 2 heteroatoms. The number of rotatable bonds is 3. The zero-order valence-corrected chi connectivity index (χ0v) is 10.2.